The fourth-order valence-electron chi connectivity index (χ4n) is 7.31. The monoisotopic (exact) mass is 905 g/mol. The van der Waals surface area contributed by atoms with Crippen LogP contribution in [0.25, 0.3) is 0 Å². The van der Waals surface area contributed by atoms with E-state index in [2.05, 4.69) is 99.8 Å². The third-order valence-corrected chi connectivity index (χ3v) is 11.4. The Bertz CT molecular complexity index is 1270. The first-order valence-corrected chi connectivity index (χ1v) is 27.1. The summed E-state index contributed by atoms with van der Waals surface area (Å²) < 4.78 is 16.7. The second-order valence-corrected chi connectivity index (χ2v) is 17.9. The van der Waals surface area contributed by atoms with E-state index in [1.165, 1.54) is 116 Å². The minimum absolute atomic E-state index is 0.115. The van der Waals surface area contributed by atoms with Gasteiger partial charge in [-0.3, -0.25) is 14.4 Å². The Morgan fingerprint density at radius 1 is 0.323 bits per heavy atom. The third kappa shape index (κ3) is 51.4. The number of unbranched alkanes of at least 4 members (excludes halogenated alkanes) is 26. The van der Waals surface area contributed by atoms with Crippen molar-refractivity contribution >= 4 is 17.9 Å². The maximum Gasteiger partial charge on any atom is 0.306 e. The zero-order valence-electron chi connectivity index (χ0n) is 42.5. The van der Waals surface area contributed by atoms with Crippen molar-refractivity contribution in [3.8, 4) is 0 Å². The normalized spacial score (nSPS) is 12.7. The average molecular weight is 905 g/mol. The van der Waals surface area contributed by atoms with E-state index < -0.39 is 6.10 Å². The van der Waals surface area contributed by atoms with Gasteiger partial charge in [0.05, 0.1) is 0 Å². The molecule has 1 atom stereocenters. The maximum absolute atomic E-state index is 12.8. The van der Waals surface area contributed by atoms with Crippen molar-refractivity contribution in [3.05, 3.63) is 85.1 Å². The van der Waals surface area contributed by atoms with Crippen molar-refractivity contribution < 1.29 is 28.6 Å². The molecule has 0 radical (unpaired) electrons. The second-order valence-electron chi connectivity index (χ2n) is 17.9. The number of ether oxygens (including phenoxy) is 3. The molecule has 0 aliphatic rings. The Morgan fingerprint density at radius 3 is 1.09 bits per heavy atom. The number of rotatable bonds is 48. The highest BCUT2D eigenvalue weighted by Crippen LogP contribution is 2.13. The first-order chi connectivity index (χ1) is 32.0. The van der Waals surface area contributed by atoms with Crippen molar-refractivity contribution in [2.75, 3.05) is 13.2 Å². The highest BCUT2D eigenvalue weighted by atomic mass is 16.6. The Labute approximate surface area is 401 Å². The van der Waals surface area contributed by atoms with Crippen molar-refractivity contribution in [1.82, 2.24) is 0 Å². The molecule has 372 valence electrons. The minimum atomic E-state index is -0.822. The van der Waals surface area contributed by atoms with Crippen LogP contribution in [-0.2, 0) is 28.6 Å². The van der Waals surface area contributed by atoms with E-state index in [-0.39, 0.29) is 44.0 Å². The highest BCUT2D eigenvalue weighted by molar-refractivity contribution is 5.71. The van der Waals surface area contributed by atoms with E-state index in [4.69, 9.17) is 14.2 Å². The van der Waals surface area contributed by atoms with E-state index in [0.717, 1.165) is 89.9 Å². The molecule has 0 aliphatic carbocycles. The van der Waals surface area contributed by atoms with Gasteiger partial charge < -0.3 is 14.2 Å². The predicted octanol–water partition coefficient (Wildman–Crippen LogP) is 18.0. The Kier molecular flexibility index (Phi) is 50.4. The minimum Gasteiger partial charge on any atom is -0.462 e. The van der Waals surface area contributed by atoms with Crippen LogP contribution in [0, 0.1) is 0 Å². The summed E-state index contributed by atoms with van der Waals surface area (Å²) in [4.78, 5) is 38.0. The maximum atomic E-state index is 12.8. The van der Waals surface area contributed by atoms with Gasteiger partial charge in [-0.1, -0.05) is 228 Å². The Hall–Kier alpha value is -3.41. The Morgan fingerprint density at radius 2 is 0.646 bits per heavy atom. The van der Waals surface area contributed by atoms with Crippen LogP contribution >= 0.6 is 0 Å². The molecular formula is C59H100O6. The molecule has 0 saturated heterocycles. The van der Waals surface area contributed by atoms with E-state index in [1.54, 1.807) is 0 Å². The van der Waals surface area contributed by atoms with Gasteiger partial charge >= 0.3 is 17.9 Å². The molecule has 0 aromatic carbocycles. The van der Waals surface area contributed by atoms with Crippen molar-refractivity contribution in [3.63, 3.8) is 0 Å². The SMILES string of the molecule is CCCCCCC\C=C/C=C\C=C/CCCCCCCC(=O)OCC(COC(=O)CC/C=C\C/C=C\CCCCCCCC)OC(=O)CCCCC/C=C\C=C/CCCCCCCCC. The molecule has 0 bridgehead atoms. The molecule has 0 heterocycles. The molecule has 6 heteroatoms. The number of allylic oxidation sites excluding steroid dienone is 14. The largest absolute Gasteiger partial charge is 0.462 e. The molecule has 1 unspecified atom stereocenters. The molecule has 0 rings (SSSR count). The van der Waals surface area contributed by atoms with Gasteiger partial charge in [0, 0.05) is 19.3 Å². The first-order valence-electron chi connectivity index (χ1n) is 27.1. The molecule has 0 amide bonds. The quantitative estimate of drug-likeness (QED) is 0.0199. The Balaban J connectivity index is 4.52. The molecule has 0 spiro atoms. The van der Waals surface area contributed by atoms with Crippen LogP contribution in [0.5, 0.6) is 0 Å². The fraction of sp³-hybridized carbons (Fsp3) is 0.712. The standard InChI is InChI=1S/C59H100O6/c1-4-7-10-13-16-19-22-25-27-29-30-32-34-37-40-43-46-49-52-58(61)64-55-56(54-63-57(60)51-48-45-42-39-36-33-24-21-18-15-12-9-6-3)65-59(62)53-50-47-44-41-38-35-31-28-26-23-20-17-14-11-8-5-2/h22,25,27-33,35-36,38,42,45,56H,4-21,23-24,26,34,37,39-41,43-44,46-55H2,1-3H3/b25-22-,29-27-,31-28-,32-30-,36-33-,38-35-,45-42-. The number of esters is 3. The fourth-order valence-corrected chi connectivity index (χ4v) is 7.31. The smallest absolute Gasteiger partial charge is 0.306 e. The average Bonchev–Trinajstić information content (AvgIpc) is 3.30. The molecule has 0 saturated carbocycles. The summed E-state index contributed by atoms with van der Waals surface area (Å²) in [5, 5.41) is 0. The molecule has 0 aliphatic heterocycles. The van der Waals surface area contributed by atoms with Crippen LogP contribution in [-0.4, -0.2) is 37.2 Å². The molecule has 0 fully saturated rings. The summed E-state index contributed by atoms with van der Waals surface area (Å²) in [6.45, 7) is 6.52. The zero-order valence-corrected chi connectivity index (χ0v) is 42.5. The topological polar surface area (TPSA) is 78.9 Å². The third-order valence-electron chi connectivity index (χ3n) is 11.4. The van der Waals surface area contributed by atoms with Crippen LogP contribution in [0.2, 0.25) is 0 Å². The lowest BCUT2D eigenvalue weighted by Gasteiger charge is -2.18. The van der Waals surface area contributed by atoms with Gasteiger partial charge in [0.1, 0.15) is 13.2 Å². The van der Waals surface area contributed by atoms with Crippen LogP contribution in [0.1, 0.15) is 252 Å². The lowest BCUT2D eigenvalue weighted by Crippen LogP contribution is -2.30. The van der Waals surface area contributed by atoms with Crippen molar-refractivity contribution in [1.29, 1.82) is 0 Å². The molecular weight excluding hydrogens is 805 g/mol. The lowest BCUT2D eigenvalue weighted by molar-refractivity contribution is -0.166. The van der Waals surface area contributed by atoms with Gasteiger partial charge in [-0.2, -0.15) is 0 Å². The first kappa shape index (κ1) is 61.6. The molecule has 0 aromatic heterocycles. The summed E-state index contributed by atoms with van der Waals surface area (Å²) in [7, 11) is 0. The van der Waals surface area contributed by atoms with Crippen molar-refractivity contribution in [2.24, 2.45) is 0 Å². The van der Waals surface area contributed by atoms with Crippen molar-refractivity contribution in [2.45, 2.75) is 258 Å². The number of carbonyl (C=O) groups excluding carboxylic acids is 3. The second kappa shape index (κ2) is 53.2. The summed E-state index contributed by atoms with van der Waals surface area (Å²) >= 11 is 0. The van der Waals surface area contributed by atoms with Gasteiger partial charge in [-0.15, -0.1) is 0 Å². The van der Waals surface area contributed by atoms with Gasteiger partial charge in [0.25, 0.3) is 0 Å². The van der Waals surface area contributed by atoms with Gasteiger partial charge in [-0.05, 0) is 89.9 Å². The zero-order chi connectivity index (χ0) is 47.2. The van der Waals surface area contributed by atoms with Crippen LogP contribution in [0.3, 0.4) is 0 Å². The molecule has 65 heavy (non-hydrogen) atoms. The number of hydrogen-bond donors (Lipinski definition) is 0. The lowest BCUT2D eigenvalue weighted by atomic mass is 10.1. The van der Waals surface area contributed by atoms with E-state index in [1.807, 2.05) is 6.08 Å². The van der Waals surface area contributed by atoms with E-state index in [9.17, 15) is 14.4 Å². The van der Waals surface area contributed by atoms with E-state index >= 15 is 0 Å². The molecule has 6 nitrogen and oxygen atoms in total. The summed E-state index contributed by atoms with van der Waals surface area (Å²) in [6, 6.07) is 0. The summed E-state index contributed by atoms with van der Waals surface area (Å²) in [6.07, 6.45) is 68.6. The van der Waals surface area contributed by atoms with Gasteiger partial charge in [0.2, 0.25) is 0 Å². The summed E-state index contributed by atoms with van der Waals surface area (Å²) in [5.74, 6) is -1.03. The van der Waals surface area contributed by atoms with Gasteiger partial charge in [-0.25, -0.2) is 0 Å². The molecule has 0 aromatic rings. The van der Waals surface area contributed by atoms with Crippen LogP contribution in [0.15, 0.2) is 85.1 Å². The van der Waals surface area contributed by atoms with Crippen LogP contribution in [0.4, 0.5) is 0 Å². The van der Waals surface area contributed by atoms with E-state index in [0.29, 0.717) is 12.8 Å². The predicted molar refractivity (Wildman–Crippen MR) is 279 cm³/mol. The highest BCUT2D eigenvalue weighted by Gasteiger charge is 2.19. The van der Waals surface area contributed by atoms with Gasteiger partial charge in [0.15, 0.2) is 6.10 Å². The number of carbonyl (C=O) groups is 3. The summed E-state index contributed by atoms with van der Waals surface area (Å²) in [5.41, 5.74) is 0. The van der Waals surface area contributed by atoms with Crippen LogP contribution < -0.4 is 0 Å². The number of hydrogen-bond acceptors (Lipinski definition) is 6. The molecule has 0 N–H and O–H groups in total.